The Morgan fingerprint density at radius 1 is 1.19 bits per heavy atom. The Morgan fingerprint density at radius 3 is 2.48 bits per heavy atom. The molecule has 31 heavy (non-hydrogen) atoms. The highest BCUT2D eigenvalue weighted by atomic mass is 127. The van der Waals surface area contributed by atoms with E-state index in [-0.39, 0.29) is 42.4 Å². The molecule has 0 atom stereocenters. The molecule has 0 aliphatic carbocycles. The standard InChI is InChI=1S/C21H33F3N4O2.HI/c1-16(2)29-15-13-28-11-8-17(9-12-28)27-20(25-3)26-10-14-30-19-7-5-4-6-18(19)21(22,23)24;/h4-7,16-17H,8-15H2,1-3H3,(H2,25,26,27);1H. The van der Waals surface area contributed by atoms with Crippen molar-refractivity contribution in [3.8, 4) is 5.75 Å². The largest absolute Gasteiger partial charge is 0.491 e. The fraction of sp³-hybridized carbons (Fsp3) is 0.667. The summed E-state index contributed by atoms with van der Waals surface area (Å²) in [5, 5.41) is 6.48. The number of alkyl halides is 3. The Morgan fingerprint density at radius 2 is 1.87 bits per heavy atom. The van der Waals surface area contributed by atoms with E-state index >= 15 is 0 Å². The molecule has 0 amide bonds. The molecule has 0 spiro atoms. The van der Waals surface area contributed by atoms with Gasteiger partial charge < -0.3 is 25.0 Å². The van der Waals surface area contributed by atoms with Crippen molar-refractivity contribution in [3.05, 3.63) is 29.8 Å². The van der Waals surface area contributed by atoms with Crippen molar-refractivity contribution in [1.82, 2.24) is 15.5 Å². The average Bonchev–Trinajstić information content (AvgIpc) is 2.70. The van der Waals surface area contributed by atoms with Gasteiger partial charge in [0.2, 0.25) is 0 Å². The third kappa shape index (κ3) is 10.3. The van der Waals surface area contributed by atoms with Crippen LogP contribution in [-0.4, -0.2) is 69.4 Å². The summed E-state index contributed by atoms with van der Waals surface area (Å²) in [5.74, 6) is 0.466. The number of aliphatic imine (C=N–C) groups is 1. The van der Waals surface area contributed by atoms with E-state index in [1.165, 1.54) is 18.2 Å². The van der Waals surface area contributed by atoms with Gasteiger partial charge in [0.05, 0.1) is 24.8 Å². The molecule has 10 heteroatoms. The zero-order chi connectivity index (χ0) is 22.0. The lowest BCUT2D eigenvalue weighted by molar-refractivity contribution is -0.138. The summed E-state index contributed by atoms with van der Waals surface area (Å²) in [6, 6.07) is 5.54. The smallest absolute Gasteiger partial charge is 0.419 e. The molecule has 1 aromatic carbocycles. The number of nitrogens with zero attached hydrogens (tertiary/aromatic N) is 2. The molecule has 1 aromatic rings. The minimum atomic E-state index is -4.43. The number of halogens is 4. The van der Waals surface area contributed by atoms with Crippen LogP contribution >= 0.6 is 24.0 Å². The van der Waals surface area contributed by atoms with Crippen LogP contribution in [0.15, 0.2) is 29.3 Å². The molecular formula is C21H34F3IN4O2. The zero-order valence-corrected chi connectivity index (χ0v) is 20.7. The van der Waals surface area contributed by atoms with E-state index in [9.17, 15) is 13.2 Å². The van der Waals surface area contributed by atoms with Crippen LogP contribution in [0.4, 0.5) is 13.2 Å². The lowest BCUT2D eigenvalue weighted by atomic mass is 10.1. The molecule has 1 fully saturated rings. The van der Waals surface area contributed by atoms with E-state index in [0.29, 0.717) is 18.5 Å². The summed E-state index contributed by atoms with van der Waals surface area (Å²) in [4.78, 5) is 6.59. The summed E-state index contributed by atoms with van der Waals surface area (Å²) >= 11 is 0. The number of benzene rings is 1. The van der Waals surface area contributed by atoms with Crippen LogP contribution in [0.1, 0.15) is 32.3 Å². The SMILES string of the molecule is CN=C(NCCOc1ccccc1C(F)(F)F)NC1CCN(CCOC(C)C)CC1.I. The maximum atomic E-state index is 13.0. The Bertz CT molecular complexity index is 666. The second-order valence-corrected chi connectivity index (χ2v) is 7.52. The molecule has 1 aliphatic rings. The van der Waals surface area contributed by atoms with Crippen LogP contribution in [0.3, 0.4) is 0 Å². The second-order valence-electron chi connectivity index (χ2n) is 7.52. The minimum Gasteiger partial charge on any atom is -0.491 e. The number of guanidine groups is 1. The lowest BCUT2D eigenvalue weighted by Crippen LogP contribution is -2.49. The van der Waals surface area contributed by atoms with E-state index in [2.05, 4.69) is 20.5 Å². The monoisotopic (exact) mass is 558 g/mol. The van der Waals surface area contributed by atoms with Gasteiger partial charge in [0, 0.05) is 32.7 Å². The van der Waals surface area contributed by atoms with Gasteiger partial charge in [-0.2, -0.15) is 13.2 Å². The predicted octanol–water partition coefficient (Wildman–Crippen LogP) is 3.76. The number of hydrogen-bond acceptors (Lipinski definition) is 4. The molecule has 0 aromatic heterocycles. The van der Waals surface area contributed by atoms with Gasteiger partial charge in [-0.05, 0) is 38.8 Å². The van der Waals surface area contributed by atoms with Crippen LogP contribution in [0.5, 0.6) is 5.75 Å². The first-order valence-electron chi connectivity index (χ1n) is 10.4. The molecule has 6 nitrogen and oxygen atoms in total. The van der Waals surface area contributed by atoms with Crippen molar-refractivity contribution in [2.75, 3.05) is 46.4 Å². The van der Waals surface area contributed by atoms with Crippen LogP contribution < -0.4 is 15.4 Å². The average molecular weight is 558 g/mol. The maximum Gasteiger partial charge on any atom is 0.419 e. The van der Waals surface area contributed by atoms with Gasteiger partial charge in [0.1, 0.15) is 12.4 Å². The van der Waals surface area contributed by atoms with Gasteiger partial charge in [-0.25, -0.2) is 0 Å². The van der Waals surface area contributed by atoms with Crippen molar-refractivity contribution >= 4 is 29.9 Å². The fourth-order valence-electron chi connectivity index (χ4n) is 3.26. The first kappa shape index (κ1) is 27.8. The first-order chi connectivity index (χ1) is 14.3. The Balaban J connectivity index is 0.00000480. The minimum absolute atomic E-state index is 0. The molecule has 0 unspecified atom stereocenters. The number of para-hydroxylation sites is 1. The highest BCUT2D eigenvalue weighted by Crippen LogP contribution is 2.35. The molecule has 2 N–H and O–H groups in total. The number of nitrogens with one attached hydrogen (secondary N) is 2. The summed E-state index contributed by atoms with van der Waals surface area (Å²) in [5.41, 5.74) is -0.766. The number of rotatable bonds is 9. The summed E-state index contributed by atoms with van der Waals surface area (Å²) in [7, 11) is 1.67. The van der Waals surface area contributed by atoms with E-state index in [1.807, 2.05) is 13.8 Å². The van der Waals surface area contributed by atoms with Gasteiger partial charge in [-0.15, -0.1) is 24.0 Å². The molecule has 1 aliphatic heterocycles. The molecular weight excluding hydrogens is 524 g/mol. The van der Waals surface area contributed by atoms with E-state index < -0.39 is 11.7 Å². The zero-order valence-electron chi connectivity index (χ0n) is 18.4. The van der Waals surface area contributed by atoms with Crippen molar-refractivity contribution in [2.45, 2.75) is 45.0 Å². The number of likely N-dealkylation sites (tertiary alicyclic amines) is 1. The van der Waals surface area contributed by atoms with Crippen LogP contribution in [0.2, 0.25) is 0 Å². The van der Waals surface area contributed by atoms with Gasteiger partial charge in [-0.1, -0.05) is 12.1 Å². The summed E-state index contributed by atoms with van der Waals surface area (Å²) in [6.45, 7) is 8.19. The highest BCUT2D eigenvalue weighted by Gasteiger charge is 2.33. The molecule has 1 heterocycles. The third-order valence-corrected chi connectivity index (χ3v) is 4.86. The highest BCUT2D eigenvalue weighted by molar-refractivity contribution is 14.0. The van der Waals surface area contributed by atoms with Crippen LogP contribution in [-0.2, 0) is 10.9 Å². The van der Waals surface area contributed by atoms with Crippen LogP contribution in [0, 0.1) is 0 Å². The quantitative estimate of drug-likeness (QED) is 0.209. The van der Waals surface area contributed by atoms with Crippen LogP contribution in [0.25, 0.3) is 0 Å². The van der Waals surface area contributed by atoms with E-state index in [0.717, 1.165) is 45.1 Å². The summed E-state index contributed by atoms with van der Waals surface area (Å²) < 4.78 is 49.9. The van der Waals surface area contributed by atoms with Gasteiger partial charge in [0.15, 0.2) is 5.96 Å². The molecule has 2 rings (SSSR count). The molecule has 1 saturated heterocycles. The molecule has 0 radical (unpaired) electrons. The van der Waals surface area contributed by atoms with Crippen molar-refractivity contribution in [2.24, 2.45) is 4.99 Å². The number of hydrogen-bond donors (Lipinski definition) is 2. The number of ether oxygens (including phenoxy) is 2. The van der Waals surface area contributed by atoms with Gasteiger partial charge >= 0.3 is 6.18 Å². The second kappa shape index (κ2) is 14.0. The van der Waals surface area contributed by atoms with Gasteiger partial charge in [0.25, 0.3) is 0 Å². The van der Waals surface area contributed by atoms with E-state index in [4.69, 9.17) is 9.47 Å². The third-order valence-electron chi connectivity index (χ3n) is 4.86. The van der Waals surface area contributed by atoms with E-state index in [1.54, 1.807) is 7.05 Å². The predicted molar refractivity (Wildman–Crippen MR) is 127 cm³/mol. The normalized spacial score (nSPS) is 16.2. The lowest BCUT2D eigenvalue weighted by Gasteiger charge is -2.33. The van der Waals surface area contributed by atoms with Crippen molar-refractivity contribution in [1.29, 1.82) is 0 Å². The Hall–Kier alpha value is -1.27. The topological polar surface area (TPSA) is 58.1 Å². The number of piperidine rings is 1. The summed E-state index contributed by atoms with van der Waals surface area (Å²) in [6.07, 6.45) is -2.18. The Kier molecular flexibility index (Phi) is 12.5. The van der Waals surface area contributed by atoms with Crippen molar-refractivity contribution in [3.63, 3.8) is 0 Å². The first-order valence-corrected chi connectivity index (χ1v) is 10.4. The molecule has 0 bridgehead atoms. The fourth-order valence-corrected chi connectivity index (χ4v) is 3.26. The van der Waals surface area contributed by atoms with Gasteiger partial charge in [-0.3, -0.25) is 4.99 Å². The Labute approximate surface area is 200 Å². The van der Waals surface area contributed by atoms with Crippen molar-refractivity contribution < 1.29 is 22.6 Å². The molecule has 178 valence electrons. The maximum absolute atomic E-state index is 13.0. The molecule has 0 saturated carbocycles.